The van der Waals surface area contributed by atoms with Crippen molar-refractivity contribution in [3.8, 4) is 0 Å². The molecule has 1 aliphatic rings. The highest BCUT2D eigenvalue weighted by molar-refractivity contribution is 6.05. The number of likely N-dealkylation sites (N-methyl/N-ethyl adjacent to an activating group) is 1. The van der Waals surface area contributed by atoms with Crippen molar-refractivity contribution >= 4 is 28.4 Å². The van der Waals surface area contributed by atoms with Crippen molar-refractivity contribution in [3.05, 3.63) is 101 Å². The summed E-state index contributed by atoms with van der Waals surface area (Å²) in [6.07, 6.45) is 2.99. The van der Waals surface area contributed by atoms with Crippen molar-refractivity contribution in [2.24, 2.45) is 7.05 Å². The molecule has 5 nitrogen and oxygen atoms in total. The van der Waals surface area contributed by atoms with Gasteiger partial charge in [0.05, 0.1) is 12.0 Å². The van der Waals surface area contributed by atoms with Gasteiger partial charge in [0, 0.05) is 48.0 Å². The molecule has 5 rings (SSSR count). The van der Waals surface area contributed by atoms with Crippen LogP contribution in [0.15, 0.2) is 79.0 Å². The summed E-state index contributed by atoms with van der Waals surface area (Å²) in [5.74, 6) is -0.732. The molecule has 3 aromatic carbocycles. The van der Waals surface area contributed by atoms with Gasteiger partial charge in [0.25, 0.3) is 5.91 Å². The van der Waals surface area contributed by atoms with Gasteiger partial charge in [-0.15, -0.1) is 0 Å². The molecule has 5 heteroatoms. The van der Waals surface area contributed by atoms with Crippen LogP contribution in [-0.2, 0) is 18.3 Å². The summed E-state index contributed by atoms with van der Waals surface area (Å²) in [5, 5.41) is 4.16. The molecule has 0 saturated heterocycles. The van der Waals surface area contributed by atoms with Crippen LogP contribution in [0.2, 0.25) is 0 Å². The molecule has 0 unspecified atom stereocenters. The van der Waals surface area contributed by atoms with Gasteiger partial charge in [-0.1, -0.05) is 55.5 Å². The third-order valence-electron chi connectivity index (χ3n) is 6.74. The second kappa shape index (κ2) is 8.24. The van der Waals surface area contributed by atoms with E-state index in [1.807, 2.05) is 73.9 Å². The number of amides is 2. The van der Waals surface area contributed by atoms with Crippen molar-refractivity contribution in [2.45, 2.75) is 25.3 Å². The molecule has 0 saturated carbocycles. The molecule has 33 heavy (non-hydrogen) atoms. The zero-order valence-electron chi connectivity index (χ0n) is 19.1. The summed E-state index contributed by atoms with van der Waals surface area (Å²) in [6, 6.07) is 23.1. The Kier molecular flexibility index (Phi) is 5.25. The highest BCUT2D eigenvalue weighted by atomic mass is 16.2. The number of hydrogen-bond donors (Lipinski definition) is 1. The predicted molar refractivity (Wildman–Crippen MR) is 131 cm³/mol. The fourth-order valence-corrected chi connectivity index (χ4v) is 5.00. The van der Waals surface area contributed by atoms with Crippen molar-refractivity contribution < 1.29 is 9.59 Å². The van der Waals surface area contributed by atoms with Crippen LogP contribution in [-0.4, -0.2) is 28.3 Å². The van der Waals surface area contributed by atoms with E-state index in [1.54, 1.807) is 11.9 Å². The van der Waals surface area contributed by atoms with E-state index in [2.05, 4.69) is 28.9 Å². The van der Waals surface area contributed by atoms with Gasteiger partial charge in [0.1, 0.15) is 0 Å². The number of rotatable bonds is 4. The second-order valence-corrected chi connectivity index (χ2v) is 8.68. The summed E-state index contributed by atoms with van der Waals surface area (Å²) in [6.45, 7) is 2.11. The van der Waals surface area contributed by atoms with E-state index >= 15 is 0 Å². The van der Waals surface area contributed by atoms with Gasteiger partial charge >= 0.3 is 0 Å². The molecule has 1 N–H and O–H groups in total. The maximum atomic E-state index is 13.8. The van der Waals surface area contributed by atoms with E-state index in [4.69, 9.17) is 0 Å². The third kappa shape index (κ3) is 3.50. The van der Waals surface area contributed by atoms with Crippen molar-refractivity contribution in [2.75, 3.05) is 12.4 Å². The Bertz CT molecular complexity index is 1350. The van der Waals surface area contributed by atoms with Crippen LogP contribution in [0.5, 0.6) is 0 Å². The number of para-hydroxylation sites is 1. The van der Waals surface area contributed by atoms with Gasteiger partial charge < -0.3 is 14.8 Å². The highest BCUT2D eigenvalue weighted by Gasteiger charge is 2.43. The molecule has 1 aromatic heterocycles. The Labute approximate surface area is 193 Å². The number of nitrogens with one attached hydrogen (secondary N) is 1. The number of nitrogens with zero attached hydrogens (tertiary/aromatic N) is 2. The minimum absolute atomic E-state index is 0.0696. The highest BCUT2D eigenvalue weighted by Crippen LogP contribution is 2.44. The van der Waals surface area contributed by atoms with E-state index in [-0.39, 0.29) is 11.8 Å². The van der Waals surface area contributed by atoms with Crippen molar-refractivity contribution in [3.63, 3.8) is 0 Å². The van der Waals surface area contributed by atoms with Crippen LogP contribution in [0.3, 0.4) is 0 Å². The summed E-state index contributed by atoms with van der Waals surface area (Å²) >= 11 is 0. The Hall–Kier alpha value is -3.86. The van der Waals surface area contributed by atoms with Gasteiger partial charge in [-0.25, -0.2) is 0 Å². The second-order valence-electron chi connectivity index (χ2n) is 8.68. The van der Waals surface area contributed by atoms with Crippen LogP contribution < -0.4 is 5.32 Å². The van der Waals surface area contributed by atoms with Crippen molar-refractivity contribution in [1.29, 1.82) is 0 Å². The molecule has 0 aliphatic carbocycles. The van der Waals surface area contributed by atoms with Crippen LogP contribution in [0.1, 0.15) is 45.9 Å². The molecular weight excluding hydrogens is 410 g/mol. The molecule has 0 spiro atoms. The largest absolute Gasteiger partial charge is 0.350 e. The van der Waals surface area contributed by atoms with Gasteiger partial charge in [0.15, 0.2) is 0 Å². The minimum Gasteiger partial charge on any atom is -0.350 e. The molecular formula is C28H27N3O2. The Balaban J connectivity index is 1.64. The third-order valence-corrected chi connectivity index (χ3v) is 6.74. The Morgan fingerprint density at radius 2 is 1.61 bits per heavy atom. The summed E-state index contributed by atoms with van der Waals surface area (Å²) in [5.41, 5.74) is 5.36. The number of aromatic nitrogens is 1. The fraction of sp³-hybridized carbons (Fsp3) is 0.214. The molecule has 0 radical (unpaired) electrons. The van der Waals surface area contributed by atoms with Crippen LogP contribution in [0.25, 0.3) is 10.9 Å². The average Bonchev–Trinajstić information content (AvgIpc) is 3.18. The first-order chi connectivity index (χ1) is 16.0. The number of fused-ring (bicyclic) bond motifs is 2. The molecule has 0 fully saturated rings. The van der Waals surface area contributed by atoms with Gasteiger partial charge in [-0.05, 0) is 41.8 Å². The number of benzene rings is 3. The van der Waals surface area contributed by atoms with Gasteiger partial charge in [-0.3, -0.25) is 9.59 Å². The summed E-state index contributed by atoms with van der Waals surface area (Å²) in [4.78, 5) is 28.9. The number of carbonyl (C=O) groups is 2. The normalized spacial score (nSPS) is 17.8. The SMILES string of the molecule is CCc1ccc(NC(=O)[C@@H]2c3ccccc3C(=O)N(C)[C@@H]2c2cn(C)c3ccccc23)cc1. The molecule has 2 amide bonds. The van der Waals surface area contributed by atoms with Crippen molar-refractivity contribution in [1.82, 2.24) is 9.47 Å². The first kappa shape index (κ1) is 21.0. The molecule has 4 aromatic rings. The van der Waals surface area contributed by atoms with Gasteiger partial charge in [0.2, 0.25) is 5.91 Å². The Morgan fingerprint density at radius 1 is 0.909 bits per heavy atom. The number of aryl methyl sites for hydroxylation is 2. The fourth-order valence-electron chi connectivity index (χ4n) is 5.00. The van der Waals surface area contributed by atoms with E-state index < -0.39 is 12.0 Å². The van der Waals surface area contributed by atoms with E-state index in [9.17, 15) is 9.59 Å². The maximum Gasteiger partial charge on any atom is 0.254 e. The van der Waals surface area contributed by atoms with Gasteiger partial charge in [-0.2, -0.15) is 0 Å². The molecule has 1 aliphatic heterocycles. The molecule has 2 atom stereocenters. The lowest BCUT2D eigenvalue weighted by atomic mass is 9.79. The zero-order valence-corrected chi connectivity index (χ0v) is 19.1. The number of hydrogen-bond acceptors (Lipinski definition) is 2. The predicted octanol–water partition coefficient (Wildman–Crippen LogP) is 5.29. The Morgan fingerprint density at radius 3 is 2.36 bits per heavy atom. The lowest BCUT2D eigenvalue weighted by molar-refractivity contribution is -0.119. The molecule has 166 valence electrons. The minimum atomic E-state index is -0.541. The quantitative estimate of drug-likeness (QED) is 0.472. The first-order valence-corrected chi connectivity index (χ1v) is 11.3. The molecule has 2 heterocycles. The zero-order chi connectivity index (χ0) is 23.1. The number of anilines is 1. The first-order valence-electron chi connectivity index (χ1n) is 11.3. The lowest BCUT2D eigenvalue weighted by Crippen LogP contribution is -2.44. The van der Waals surface area contributed by atoms with Crippen LogP contribution in [0, 0.1) is 0 Å². The topological polar surface area (TPSA) is 54.3 Å². The smallest absolute Gasteiger partial charge is 0.254 e. The summed E-state index contributed by atoms with van der Waals surface area (Å²) in [7, 11) is 3.79. The maximum absolute atomic E-state index is 13.8. The summed E-state index contributed by atoms with van der Waals surface area (Å²) < 4.78 is 2.06. The standard InChI is InChI=1S/C28H27N3O2/c1-4-18-13-15-19(16-14-18)29-27(32)25-21-10-5-6-11-22(21)28(33)31(3)26(25)23-17-30(2)24-12-8-7-9-20(23)24/h5-17,25-26H,4H2,1-3H3,(H,29,32)/t25-,26-/m1/s1. The average molecular weight is 438 g/mol. The molecule has 0 bridgehead atoms. The lowest BCUT2D eigenvalue weighted by Gasteiger charge is -2.39. The monoisotopic (exact) mass is 437 g/mol. The van der Waals surface area contributed by atoms with E-state index in [1.165, 1.54) is 5.56 Å². The van der Waals surface area contributed by atoms with E-state index in [0.29, 0.717) is 5.56 Å². The number of carbonyl (C=O) groups excluding carboxylic acids is 2. The van der Waals surface area contributed by atoms with E-state index in [0.717, 1.165) is 34.1 Å². The van der Waals surface area contributed by atoms with Crippen LogP contribution in [0.4, 0.5) is 5.69 Å². The van der Waals surface area contributed by atoms with Crippen LogP contribution >= 0.6 is 0 Å².